The van der Waals surface area contributed by atoms with Crippen molar-refractivity contribution in [1.82, 2.24) is 4.72 Å². The molecule has 2 rings (SSSR count). The topological polar surface area (TPSA) is 46.2 Å². The minimum atomic E-state index is -3.48. The molecule has 1 aromatic heterocycles. The number of rotatable bonds is 5. The molecule has 1 aromatic carbocycles. The van der Waals surface area contributed by atoms with Gasteiger partial charge in [-0.05, 0) is 58.4 Å². The normalized spacial score (nSPS) is 13.3. The monoisotopic (exact) mass is 393 g/mol. The standard InChI is InChI=1S/C13H13BrClNO2S2/c1-9(8-10-2-4-11(15)5-3-10)16-20(17,18)13-12(14)6-7-19-13/h2-7,9,16H,8H2,1H3. The summed E-state index contributed by atoms with van der Waals surface area (Å²) in [5, 5.41) is 2.41. The van der Waals surface area contributed by atoms with Crippen molar-refractivity contribution >= 4 is 48.9 Å². The third-order valence-corrected chi connectivity index (χ3v) is 7.15. The van der Waals surface area contributed by atoms with Crippen molar-refractivity contribution in [2.45, 2.75) is 23.6 Å². The van der Waals surface area contributed by atoms with Gasteiger partial charge in [0.2, 0.25) is 0 Å². The molecule has 0 bridgehead atoms. The second kappa shape index (κ2) is 6.58. The van der Waals surface area contributed by atoms with Crippen LogP contribution < -0.4 is 4.72 Å². The minimum Gasteiger partial charge on any atom is -0.207 e. The van der Waals surface area contributed by atoms with Crippen LogP contribution in [0.25, 0.3) is 0 Å². The summed E-state index contributed by atoms with van der Waals surface area (Å²) in [6, 6.07) is 8.92. The first-order chi connectivity index (χ1) is 9.38. The molecule has 1 unspecified atom stereocenters. The Bertz CT molecular complexity index is 683. The van der Waals surface area contributed by atoms with Gasteiger partial charge < -0.3 is 0 Å². The zero-order valence-corrected chi connectivity index (χ0v) is 14.6. The predicted octanol–water partition coefficient (Wildman–Crippen LogP) is 4.07. The molecule has 20 heavy (non-hydrogen) atoms. The second-order valence-corrected chi connectivity index (χ2v) is 8.53. The molecule has 108 valence electrons. The van der Waals surface area contributed by atoms with Gasteiger partial charge in [0, 0.05) is 15.5 Å². The second-order valence-electron chi connectivity index (χ2n) is 4.41. The number of hydrogen-bond donors (Lipinski definition) is 1. The smallest absolute Gasteiger partial charge is 0.207 e. The van der Waals surface area contributed by atoms with E-state index < -0.39 is 10.0 Å². The van der Waals surface area contributed by atoms with Gasteiger partial charge in [-0.25, -0.2) is 13.1 Å². The largest absolute Gasteiger partial charge is 0.251 e. The lowest BCUT2D eigenvalue weighted by Crippen LogP contribution is -2.33. The Balaban J connectivity index is 2.06. The molecule has 3 nitrogen and oxygen atoms in total. The number of sulfonamides is 1. The molecular weight excluding hydrogens is 382 g/mol. The third kappa shape index (κ3) is 4.05. The average Bonchev–Trinajstić information content (AvgIpc) is 2.78. The molecule has 0 fully saturated rings. The van der Waals surface area contributed by atoms with Gasteiger partial charge in [-0.3, -0.25) is 0 Å². The van der Waals surface area contributed by atoms with E-state index in [0.29, 0.717) is 20.1 Å². The zero-order valence-electron chi connectivity index (χ0n) is 10.6. The highest BCUT2D eigenvalue weighted by atomic mass is 79.9. The van der Waals surface area contributed by atoms with Crippen molar-refractivity contribution in [3.8, 4) is 0 Å². The molecule has 0 aliphatic heterocycles. The third-order valence-electron chi connectivity index (χ3n) is 2.64. The van der Waals surface area contributed by atoms with Gasteiger partial charge in [-0.15, -0.1) is 11.3 Å². The Morgan fingerprint density at radius 1 is 1.30 bits per heavy atom. The highest BCUT2D eigenvalue weighted by Crippen LogP contribution is 2.27. The van der Waals surface area contributed by atoms with Crippen LogP contribution in [0.5, 0.6) is 0 Å². The molecule has 7 heteroatoms. The Kier molecular flexibility index (Phi) is 5.25. The zero-order chi connectivity index (χ0) is 14.8. The first kappa shape index (κ1) is 16.0. The van der Waals surface area contributed by atoms with Gasteiger partial charge in [0.15, 0.2) is 0 Å². The van der Waals surface area contributed by atoms with Crippen LogP contribution in [0.1, 0.15) is 12.5 Å². The molecule has 0 aliphatic rings. The fourth-order valence-electron chi connectivity index (χ4n) is 1.81. The maximum Gasteiger partial charge on any atom is 0.251 e. The van der Waals surface area contributed by atoms with Crippen molar-refractivity contribution in [2.24, 2.45) is 0 Å². The number of hydrogen-bond acceptors (Lipinski definition) is 3. The summed E-state index contributed by atoms with van der Waals surface area (Å²) in [4.78, 5) is 0. The Labute approximate surface area is 136 Å². The fraction of sp³-hybridized carbons (Fsp3) is 0.231. The lowest BCUT2D eigenvalue weighted by molar-refractivity contribution is 0.561. The van der Waals surface area contributed by atoms with Gasteiger partial charge in [-0.2, -0.15) is 0 Å². The number of nitrogens with one attached hydrogen (secondary N) is 1. The molecular formula is C13H13BrClNO2S2. The lowest BCUT2D eigenvalue weighted by atomic mass is 10.1. The van der Waals surface area contributed by atoms with Crippen LogP contribution in [0.2, 0.25) is 5.02 Å². The van der Waals surface area contributed by atoms with Crippen LogP contribution in [0.3, 0.4) is 0 Å². The van der Waals surface area contributed by atoms with E-state index in [1.54, 1.807) is 23.6 Å². The molecule has 1 heterocycles. The van der Waals surface area contributed by atoms with Crippen LogP contribution in [0, 0.1) is 0 Å². The van der Waals surface area contributed by atoms with Gasteiger partial charge in [0.1, 0.15) is 4.21 Å². The number of halogens is 2. The Morgan fingerprint density at radius 2 is 1.95 bits per heavy atom. The van der Waals surface area contributed by atoms with Gasteiger partial charge in [0.05, 0.1) is 0 Å². The van der Waals surface area contributed by atoms with Crippen LogP contribution in [-0.2, 0) is 16.4 Å². The highest BCUT2D eigenvalue weighted by Gasteiger charge is 2.21. The minimum absolute atomic E-state index is 0.199. The molecule has 0 radical (unpaired) electrons. The van der Waals surface area contributed by atoms with Crippen molar-refractivity contribution < 1.29 is 8.42 Å². The van der Waals surface area contributed by atoms with E-state index in [0.717, 1.165) is 5.56 Å². The number of thiophene rings is 1. The molecule has 0 saturated heterocycles. The van der Waals surface area contributed by atoms with E-state index in [9.17, 15) is 8.42 Å². The predicted molar refractivity (Wildman–Crippen MR) is 87.0 cm³/mol. The first-order valence-corrected chi connectivity index (χ1v) is 9.41. The summed E-state index contributed by atoms with van der Waals surface area (Å²) in [6.45, 7) is 1.84. The van der Waals surface area contributed by atoms with E-state index >= 15 is 0 Å². The Morgan fingerprint density at radius 3 is 2.50 bits per heavy atom. The summed E-state index contributed by atoms with van der Waals surface area (Å²) >= 11 is 10.3. The van der Waals surface area contributed by atoms with Crippen molar-refractivity contribution in [2.75, 3.05) is 0 Å². The molecule has 0 aliphatic carbocycles. The average molecular weight is 395 g/mol. The summed E-state index contributed by atoms with van der Waals surface area (Å²) in [6.07, 6.45) is 0.611. The van der Waals surface area contributed by atoms with E-state index in [1.165, 1.54) is 11.3 Å². The van der Waals surface area contributed by atoms with Crippen LogP contribution >= 0.6 is 38.9 Å². The molecule has 0 amide bonds. The fourth-order valence-corrected chi connectivity index (χ4v) is 5.53. The maximum absolute atomic E-state index is 12.2. The van der Waals surface area contributed by atoms with Crippen LogP contribution in [0.15, 0.2) is 44.4 Å². The van der Waals surface area contributed by atoms with E-state index in [2.05, 4.69) is 20.7 Å². The van der Waals surface area contributed by atoms with Gasteiger partial charge >= 0.3 is 0 Å². The lowest BCUT2D eigenvalue weighted by Gasteiger charge is -2.14. The van der Waals surface area contributed by atoms with Crippen molar-refractivity contribution in [3.05, 3.63) is 50.8 Å². The van der Waals surface area contributed by atoms with E-state index in [-0.39, 0.29) is 6.04 Å². The summed E-state index contributed by atoms with van der Waals surface area (Å²) in [5.74, 6) is 0. The molecule has 1 N–H and O–H groups in total. The SMILES string of the molecule is CC(Cc1ccc(Cl)cc1)NS(=O)(=O)c1sccc1Br. The van der Waals surface area contributed by atoms with E-state index in [4.69, 9.17) is 11.6 Å². The van der Waals surface area contributed by atoms with Crippen LogP contribution in [-0.4, -0.2) is 14.5 Å². The van der Waals surface area contributed by atoms with Gasteiger partial charge in [0.25, 0.3) is 10.0 Å². The first-order valence-electron chi connectivity index (χ1n) is 5.88. The maximum atomic E-state index is 12.2. The summed E-state index contributed by atoms with van der Waals surface area (Å²) in [5.41, 5.74) is 1.04. The quantitative estimate of drug-likeness (QED) is 0.831. The molecule has 1 atom stereocenters. The molecule has 0 spiro atoms. The molecule has 2 aromatic rings. The van der Waals surface area contributed by atoms with Crippen molar-refractivity contribution in [3.63, 3.8) is 0 Å². The van der Waals surface area contributed by atoms with Crippen LogP contribution in [0.4, 0.5) is 0 Å². The summed E-state index contributed by atoms with van der Waals surface area (Å²) in [7, 11) is -3.48. The number of benzene rings is 1. The highest BCUT2D eigenvalue weighted by molar-refractivity contribution is 9.10. The summed E-state index contributed by atoms with van der Waals surface area (Å²) < 4.78 is 28.0. The van der Waals surface area contributed by atoms with E-state index in [1.807, 2.05) is 19.1 Å². The van der Waals surface area contributed by atoms with Crippen molar-refractivity contribution in [1.29, 1.82) is 0 Å². The van der Waals surface area contributed by atoms with Gasteiger partial charge in [-0.1, -0.05) is 23.7 Å². The Hall–Kier alpha value is -0.400. The molecule has 0 saturated carbocycles.